The Kier molecular flexibility index (Phi) is 4.39. The number of H-pyrrole nitrogens is 1. The number of amides is 1. The molecule has 2 fully saturated rings. The number of aliphatic hydroxyl groups is 1. The van der Waals surface area contributed by atoms with E-state index in [0.29, 0.717) is 32.7 Å². The summed E-state index contributed by atoms with van der Waals surface area (Å²) in [5, 5.41) is 10.9. The van der Waals surface area contributed by atoms with Crippen molar-refractivity contribution in [2.75, 3.05) is 45.9 Å². The third-order valence-corrected chi connectivity index (χ3v) is 5.56. The molecule has 1 amide bonds. The largest absolute Gasteiger partial charge is 0.387 e. The molecular weight excluding hydrogens is 322 g/mol. The summed E-state index contributed by atoms with van der Waals surface area (Å²) in [6.07, 6.45) is 3.35. The molecule has 0 radical (unpaired) electrons. The van der Waals surface area contributed by atoms with E-state index in [0.717, 1.165) is 43.6 Å². The Bertz CT molecular complexity index is 726. The molecule has 2 saturated heterocycles. The first-order valence-electron chi connectivity index (χ1n) is 9.11. The van der Waals surface area contributed by atoms with E-state index < -0.39 is 5.60 Å². The van der Waals surface area contributed by atoms with Gasteiger partial charge in [-0.15, -0.1) is 0 Å². The van der Waals surface area contributed by atoms with Crippen LogP contribution in [0.2, 0.25) is 0 Å². The van der Waals surface area contributed by atoms with Gasteiger partial charge in [-0.1, -0.05) is 0 Å². The number of aromatic nitrogens is 1. The van der Waals surface area contributed by atoms with E-state index in [-0.39, 0.29) is 23.6 Å². The zero-order chi connectivity index (χ0) is 17.4. The zero-order valence-corrected chi connectivity index (χ0v) is 14.4. The van der Waals surface area contributed by atoms with Gasteiger partial charge in [0, 0.05) is 31.9 Å². The highest BCUT2D eigenvalue weighted by atomic mass is 16.5. The first kappa shape index (κ1) is 16.8. The molecule has 1 aliphatic carbocycles. The van der Waals surface area contributed by atoms with Crippen LogP contribution in [-0.4, -0.2) is 77.3 Å². The molecule has 7 nitrogen and oxygen atoms in total. The minimum atomic E-state index is -0.906. The van der Waals surface area contributed by atoms with E-state index in [1.54, 1.807) is 11.0 Å². The summed E-state index contributed by atoms with van der Waals surface area (Å²) in [6, 6.07) is 1.75. The van der Waals surface area contributed by atoms with Crippen molar-refractivity contribution in [2.45, 2.75) is 31.3 Å². The highest BCUT2D eigenvalue weighted by molar-refractivity contribution is 5.94. The Hall–Kier alpha value is -1.70. The van der Waals surface area contributed by atoms with E-state index in [4.69, 9.17) is 4.74 Å². The Labute approximate surface area is 146 Å². The lowest BCUT2D eigenvalue weighted by molar-refractivity contribution is -0.0257. The SMILES string of the molecule is O=C(c1cc2c([nH]c1=O)CCC2)N1CCC(O)(CN2CCOCC2)C1. The van der Waals surface area contributed by atoms with Crippen LogP contribution < -0.4 is 5.56 Å². The van der Waals surface area contributed by atoms with Crippen LogP contribution in [0, 0.1) is 0 Å². The molecule has 2 N–H and O–H groups in total. The maximum atomic E-state index is 12.8. The number of rotatable bonds is 3. The zero-order valence-electron chi connectivity index (χ0n) is 14.4. The van der Waals surface area contributed by atoms with Crippen molar-refractivity contribution in [3.63, 3.8) is 0 Å². The molecule has 0 spiro atoms. The molecule has 3 heterocycles. The summed E-state index contributed by atoms with van der Waals surface area (Å²) < 4.78 is 5.34. The number of hydrogen-bond acceptors (Lipinski definition) is 5. The number of aryl methyl sites for hydroxylation is 2. The average molecular weight is 347 g/mol. The van der Waals surface area contributed by atoms with E-state index in [2.05, 4.69) is 9.88 Å². The minimum Gasteiger partial charge on any atom is -0.387 e. The lowest BCUT2D eigenvalue weighted by Crippen LogP contribution is -2.49. The van der Waals surface area contributed by atoms with Gasteiger partial charge in [0.05, 0.1) is 25.4 Å². The van der Waals surface area contributed by atoms with Gasteiger partial charge < -0.3 is 19.7 Å². The quantitative estimate of drug-likeness (QED) is 0.789. The standard InChI is InChI=1S/C18H25N3O4/c22-16-14(10-13-2-1-3-15(13)19-16)17(23)21-5-4-18(24,12-21)11-20-6-8-25-9-7-20/h10,24H,1-9,11-12H2,(H,19,22). The van der Waals surface area contributed by atoms with Gasteiger partial charge in [0.15, 0.2) is 0 Å². The van der Waals surface area contributed by atoms with Gasteiger partial charge in [-0.3, -0.25) is 14.5 Å². The highest BCUT2D eigenvalue weighted by Gasteiger charge is 2.40. The van der Waals surface area contributed by atoms with Crippen LogP contribution >= 0.6 is 0 Å². The molecule has 0 aromatic carbocycles. The number of carbonyl (C=O) groups excluding carboxylic acids is 1. The van der Waals surface area contributed by atoms with Crippen molar-refractivity contribution in [1.29, 1.82) is 0 Å². The molecule has 25 heavy (non-hydrogen) atoms. The van der Waals surface area contributed by atoms with Crippen molar-refractivity contribution in [3.05, 3.63) is 33.2 Å². The molecule has 136 valence electrons. The lowest BCUT2D eigenvalue weighted by Gasteiger charge is -2.33. The first-order chi connectivity index (χ1) is 12.0. The van der Waals surface area contributed by atoms with Gasteiger partial charge in [0.2, 0.25) is 0 Å². The van der Waals surface area contributed by atoms with Crippen LogP contribution in [0.4, 0.5) is 0 Å². The molecule has 2 aliphatic heterocycles. The summed E-state index contributed by atoms with van der Waals surface area (Å²) in [7, 11) is 0. The molecule has 7 heteroatoms. The smallest absolute Gasteiger partial charge is 0.261 e. The van der Waals surface area contributed by atoms with E-state index in [1.165, 1.54) is 0 Å². The van der Waals surface area contributed by atoms with Crippen molar-refractivity contribution >= 4 is 5.91 Å². The van der Waals surface area contributed by atoms with E-state index in [9.17, 15) is 14.7 Å². The van der Waals surface area contributed by atoms with Crippen molar-refractivity contribution in [2.24, 2.45) is 0 Å². The predicted octanol–water partition coefficient (Wildman–Crippen LogP) is -0.227. The molecule has 0 bridgehead atoms. The summed E-state index contributed by atoms with van der Waals surface area (Å²) in [5.41, 5.74) is 1.03. The fraction of sp³-hybridized carbons (Fsp3) is 0.667. The van der Waals surface area contributed by atoms with Gasteiger partial charge in [-0.25, -0.2) is 0 Å². The fourth-order valence-corrected chi connectivity index (χ4v) is 4.18. The third-order valence-electron chi connectivity index (χ3n) is 5.56. The van der Waals surface area contributed by atoms with Crippen LogP contribution in [0.15, 0.2) is 10.9 Å². The van der Waals surface area contributed by atoms with Gasteiger partial charge in [-0.2, -0.15) is 0 Å². The van der Waals surface area contributed by atoms with Crippen LogP contribution in [0.3, 0.4) is 0 Å². The minimum absolute atomic E-state index is 0.205. The lowest BCUT2D eigenvalue weighted by atomic mass is 10.0. The molecule has 3 aliphatic rings. The maximum Gasteiger partial charge on any atom is 0.261 e. The molecule has 4 rings (SSSR count). The van der Waals surface area contributed by atoms with Crippen molar-refractivity contribution < 1.29 is 14.6 Å². The molecule has 1 atom stereocenters. The highest BCUT2D eigenvalue weighted by Crippen LogP contribution is 2.25. The number of likely N-dealkylation sites (tertiary alicyclic amines) is 1. The monoisotopic (exact) mass is 347 g/mol. The predicted molar refractivity (Wildman–Crippen MR) is 91.8 cm³/mol. The van der Waals surface area contributed by atoms with E-state index >= 15 is 0 Å². The summed E-state index contributed by atoms with van der Waals surface area (Å²) in [5.74, 6) is -0.270. The number of nitrogens with zero attached hydrogens (tertiary/aromatic N) is 2. The maximum absolute atomic E-state index is 12.8. The number of carbonyl (C=O) groups is 1. The number of ether oxygens (including phenoxy) is 1. The number of fused-ring (bicyclic) bond motifs is 1. The molecule has 1 aromatic rings. The van der Waals surface area contributed by atoms with Crippen molar-refractivity contribution in [1.82, 2.24) is 14.8 Å². The Morgan fingerprint density at radius 1 is 1.28 bits per heavy atom. The number of hydrogen-bond donors (Lipinski definition) is 2. The molecular formula is C18H25N3O4. The summed E-state index contributed by atoms with van der Waals surface area (Å²) >= 11 is 0. The van der Waals surface area contributed by atoms with Gasteiger partial charge in [0.1, 0.15) is 5.56 Å². The van der Waals surface area contributed by atoms with Gasteiger partial charge >= 0.3 is 0 Å². The molecule has 0 saturated carbocycles. The van der Waals surface area contributed by atoms with Crippen molar-refractivity contribution in [3.8, 4) is 0 Å². The number of nitrogens with one attached hydrogen (secondary N) is 1. The second-order valence-corrected chi connectivity index (χ2v) is 7.46. The van der Waals surface area contributed by atoms with Crippen LogP contribution in [0.5, 0.6) is 0 Å². The summed E-state index contributed by atoms with van der Waals surface area (Å²) in [4.78, 5) is 31.7. The Balaban J connectivity index is 1.46. The topological polar surface area (TPSA) is 85.9 Å². The fourth-order valence-electron chi connectivity index (χ4n) is 4.18. The number of pyridine rings is 1. The molecule has 1 aromatic heterocycles. The second kappa shape index (κ2) is 6.55. The third kappa shape index (κ3) is 3.36. The van der Waals surface area contributed by atoms with Gasteiger partial charge in [0.25, 0.3) is 11.5 Å². The number of β-amino-alcohol motifs (C(OH)–C–C–N with tert-alkyl or cyclic N) is 1. The van der Waals surface area contributed by atoms with Crippen LogP contribution in [0.25, 0.3) is 0 Å². The summed E-state index contributed by atoms with van der Waals surface area (Å²) in [6.45, 7) is 4.28. The first-order valence-corrected chi connectivity index (χ1v) is 9.11. The van der Waals surface area contributed by atoms with Gasteiger partial charge in [-0.05, 0) is 37.3 Å². The second-order valence-electron chi connectivity index (χ2n) is 7.46. The average Bonchev–Trinajstić information content (AvgIpc) is 3.20. The van der Waals surface area contributed by atoms with Crippen LogP contribution in [-0.2, 0) is 17.6 Å². The van der Waals surface area contributed by atoms with E-state index in [1.807, 2.05) is 0 Å². The Morgan fingerprint density at radius 2 is 2.08 bits per heavy atom. The Morgan fingerprint density at radius 3 is 2.88 bits per heavy atom. The molecule has 1 unspecified atom stereocenters. The normalized spacial score (nSPS) is 26.8. The van der Waals surface area contributed by atoms with Crippen LogP contribution in [0.1, 0.15) is 34.5 Å². The number of morpholine rings is 1. The number of aromatic amines is 1.